The van der Waals surface area contributed by atoms with Crippen LogP contribution in [-0.2, 0) is 26.1 Å². The first-order valence-electron chi connectivity index (χ1n) is 6.47. The molecule has 1 fully saturated rings. The van der Waals surface area contributed by atoms with Gasteiger partial charge in [0.1, 0.15) is 0 Å². The molecule has 0 bridgehead atoms. The van der Waals surface area contributed by atoms with E-state index in [1.807, 2.05) is 0 Å². The van der Waals surface area contributed by atoms with Crippen molar-refractivity contribution in [2.24, 2.45) is 5.92 Å². The molecule has 1 N–H and O–H groups in total. The lowest BCUT2D eigenvalue weighted by Gasteiger charge is -2.24. The van der Waals surface area contributed by atoms with Crippen molar-refractivity contribution in [1.82, 2.24) is 14.5 Å². The Morgan fingerprint density at radius 2 is 2.30 bits per heavy atom. The average molecular weight is 301 g/mol. The third-order valence-corrected chi connectivity index (χ3v) is 6.06. The van der Waals surface area contributed by atoms with Crippen LogP contribution in [0.25, 0.3) is 0 Å². The van der Waals surface area contributed by atoms with Gasteiger partial charge in [-0.15, -0.1) is 0 Å². The van der Waals surface area contributed by atoms with Gasteiger partial charge in [0.15, 0.2) is 0 Å². The van der Waals surface area contributed by atoms with Crippen LogP contribution in [0.2, 0.25) is 0 Å². The van der Waals surface area contributed by atoms with Gasteiger partial charge in [0, 0.05) is 25.4 Å². The van der Waals surface area contributed by atoms with E-state index < -0.39 is 27.2 Å². The molecule has 1 aliphatic carbocycles. The molecule has 0 saturated heterocycles. The number of aromatic nitrogens is 2. The Bertz CT molecular complexity index is 555. The minimum absolute atomic E-state index is 0.239. The van der Waals surface area contributed by atoms with Gasteiger partial charge < -0.3 is 4.74 Å². The lowest BCUT2D eigenvalue weighted by Crippen LogP contribution is -2.40. The number of sulfonamides is 1. The number of aromatic amines is 1. The van der Waals surface area contributed by atoms with Crippen LogP contribution in [0.15, 0.2) is 12.4 Å². The molecule has 8 heteroatoms. The summed E-state index contributed by atoms with van der Waals surface area (Å²) in [7, 11) is -0.714. The van der Waals surface area contributed by atoms with Gasteiger partial charge in [0.25, 0.3) is 0 Å². The number of H-pyrrole nitrogens is 1. The maximum atomic E-state index is 12.6. The van der Waals surface area contributed by atoms with E-state index in [-0.39, 0.29) is 6.54 Å². The topological polar surface area (TPSA) is 92.4 Å². The normalized spacial score (nSPS) is 23.1. The first kappa shape index (κ1) is 15.0. The zero-order valence-corrected chi connectivity index (χ0v) is 12.4. The number of hydrogen-bond donors (Lipinski definition) is 1. The molecule has 0 amide bonds. The molecule has 0 radical (unpaired) electrons. The number of methoxy groups -OCH3 is 1. The monoisotopic (exact) mass is 301 g/mol. The minimum Gasteiger partial charge on any atom is -0.469 e. The summed E-state index contributed by atoms with van der Waals surface area (Å²) in [5, 5.41) is 5.75. The van der Waals surface area contributed by atoms with Gasteiger partial charge in [-0.3, -0.25) is 9.89 Å². The van der Waals surface area contributed by atoms with E-state index >= 15 is 0 Å². The summed E-state index contributed by atoms with van der Waals surface area (Å²) in [6, 6.07) is 0. The predicted octanol–water partition coefficient (Wildman–Crippen LogP) is 0.513. The van der Waals surface area contributed by atoms with Crippen molar-refractivity contribution in [2.75, 3.05) is 14.2 Å². The molecule has 1 aromatic heterocycles. The molecule has 7 nitrogen and oxygen atoms in total. The predicted molar refractivity (Wildman–Crippen MR) is 72.1 cm³/mol. The fourth-order valence-corrected chi connectivity index (χ4v) is 4.56. The summed E-state index contributed by atoms with van der Waals surface area (Å²) in [5.41, 5.74) is 0.781. The summed E-state index contributed by atoms with van der Waals surface area (Å²) in [5.74, 6) is -0.996. The van der Waals surface area contributed by atoms with E-state index in [1.54, 1.807) is 12.4 Å². The van der Waals surface area contributed by atoms with Crippen molar-refractivity contribution < 1.29 is 17.9 Å². The second kappa shape index (κ2) is 5.92. The molecule has 20 heavy (non-hydrogen) atoms. The minimum atomic E-state index is -3.53. The quantitative estimate of drug-likeness (QED) is 0.800. The Morgan fingerprint density at radius 1 is 1.55 bits per heavy atom. The molecular formula is C12H19N3O4S. The lowest BCUT2D eigenvalue weighted by molar-refractivity contribution is -0.145. The standard InChI is InChI=1S/C12H19N3O4S/c1-15(8-9-6-13-14-7-9)20(17,18)11-5-3-4-10(11)12(16)19-2/h6-7,10-11H,3-5,8H2,1-2H3,(H,13,14). The van der Waals surface area contributed by atoms with E-state index in [1.165, 1.54) is 18.5 Å². The van der Waals surface area contributed by atoms with Crippen LogP contribution < -0.4 is 0 Å². The van der Waals surface area contributed by atoms with Crippen molar-refractivity contribution in [3.8, 4) is 0 Å². The number of carbonyl (C=O) groups is 1. The van der Waals surface area contributed by atoms with Gasteiger partial charge in [0.2, 0.25) is 10.0 Å². The highest BCUT2D eigenvalue weighted by molar-refractivity contribution is 7.89. The van der Waals surface area contributed by atoms with Crippen molar-refractivity contribution in [2.45, 2.75) is 31.1 Å². The number of nitrogens with one attached hydrogen (secondary N) is 1. The molecule has 0 aromatic carbocycles. The van der Waals surface area contributed by atoms with Crippen LogP contribution in [0.3, 0.4) is 0 Å². The Labute approximate surface area is 118 Å². The summed E-state index contributed by atoms with van der Waals surface area (Å²) in [6.07, 6.45) is 5.02. The second-order valence-corrected chi connectivity index (χ2v) is 7.27. The zero-order valence-electron chi connectivity index (χ0n) is 11.6. The fraction of sp³-hybridized carbons (Fsp3) is 0.667. The van der Waals surface area contributed by atoms with Crippen LogP contribution in [0, 0.1) is 5.92 Å². The van der Waals surface area contributed by atoms with Crippen molar-refractivity contribution >= 4 is 16.0 Å². The first-order chi connectivity index (χ1) is 9.46. The Kier molecular flexibility index (Phi) is 4.44. The fourth-order valence-electron chi connectivity index (χ4n) is 2.65. The number of ether oxygens (including phenoxy) is 1. The number of esters is 1. The second-order valence-electron chi connectivity index (χ2n) is 5.01. The van der Waals surface area contributed by atoms with Crippen LogP contribution in [0.4, 0.5) is 0 Å². The Balaban J connectivity index is 2.14. The smallest absolute Gasteiger partial charge is 0.310 e. The summed E-state index contributed by atoms with van der Waals surface area (Å²) in [6.45, 7) is 0.239. The largest absolute Gasteiger partial charge is 0.469 e. The van der Waals surface area contributed by atoms with Crippen LogP contribution in [0.1, 0.15) is 24.8 Å². The summed E-state index contributed by atoms with van der Waals surface area (Å²) in [4.78, 5) is 11.7. The maximum absolute atomic E-state index is 12.6. The van der Waals surface area contributed by atoms with E-state index in [0.717, 1.165) is 12.0 Å². The average Bonchev–Trinajstić information content (AvgIpc) is 3.08. The van der Waals surface area contributed by atoms with E-state index in [0.29, 0.717) is 12.8 Å². The molecule has 2 atom stereocenters. The van der Waals surface area contributed by atoms with Gasteiger partial charge in [-0.05, 0) is 12.8 Å². The molecule has 2 rings (SSSR count). The van der Waals surface area contributed by atoms with Crippen molar-refractivity contribution in [3.05, 3.63) is 18.0 Å². The van der Waals surface area contributed by atoms with Gasteiger partial charge in [-0.1, -0.05) is 6.42 Å². The molecule has 0 aliphatic heterocycles. The Morgan fingerprint density at radius 3 is 2.90 bits per heavy atom. The third kappa shape index (κ3) is 2.85. The van der Waals surface area contributed by atoms with Crippen LogP contribution in [-0.4, -0.2) is 48.3 Å². The summed E-state index contributed by atoms with van der Waals surface area (Å²) < 4.78 is 31.1. The molecule has 0 spiro atoms. The van der Waals surface area contributed by atoms with E-state index in [4.69, 9.17) is 4.74 Å². The highest BCUT2D eigenvalue weighted by atomic mass is 32.2. The van der Waals surface area contributed by atoms with Gasteiger partial charge >= 0.3 is 5.97 Å². The van der Waals surface area contributed by atoms with Crippen molar-refractivity contribution in [3.63, 3.8) is 0 Å². The van der Waals surface area contributed by atoms with E-state index in [9.17, 15) is 13.2 Å². The SMILES string of the molecule is COC(=O)C1CCCC1S(=O)(=O)N(C)Cc1cn[nH]c1. The third-order valence-electron chi connectivity index (χ3n) is 3.73. The van der Waals surface area contributed by atoms with Gasteiger partial charge in [0.05, 0.1) is 24.5 Å². The van der Waals surface area contributed by atoms with Crippen LogP contribution in [0.5, 0.6) is 0 Å². The van der Waals surface area contributed by atoms with Gasteiger partial charge in [-0.2, -0.15) is 5.10 Å². The van der Waals surface area contributed by atoms with Gasteiger partial charge in [-0.25, -0.2) is 12.7 Å². The Hall–Kier alpha value is -1.41. The summed E-state index contributed by atoms with van der Waals surface area (Å²) >= 11 is 0. The zero-order chi connectivity index (χ0) is 14.8. The lowest BCUT2D eigenvalue weighted by atomic mass is 10.1. The number of hydrogen-bond acceptors (Lipinski definition) is 5. The highest BCUT2D eigenvalue weighted by Crippen LogP contribution is 2.33. The number of carbonyl (C=O) groups excluding carboxylic acids is 1. The maximum Gasteiger partial charge on any atom is 0.310 e. The van der Waals surface area contributed by atoms with Crippen molar-refractivity contribution in [1.29, 1.82) is 0 Å². The first-order valence-corrected chi connectivity index (χ1v) is 7.97. The number of nitrogens with zero attached hydrogens (tertiary/aromatic N) is 2. The molecule has 1 aliphatic rings. The molecule has 2 unspecified atom stereocenters. The van der Waals surface area contributed by atoms with Crippen LogP contribution >= 0.6 is 0 Å². The molecule has 1 saturated carbocycles. The molecule has 1 aromatic rings. The van der Waals surface area contributed by atoms with E-state index in [2.05, 4.69) is 10.2 Å². The molecular weight excluding hydrogens is 282 g/mol. The number of rotatable bonds is 5. The molecule has 112 valence electrons. The highest BCUT2D eigenvalue weighted by Gasteiger charge is 2.43. The molecule has 1 heterocycles.